The zero-order valence-electron chi connectivity index (χ0n) is 8.97. The van der Waals surface area contributed by atoms with Crippen molar-refractivity contribution in [3.05, 3.63) is 22.6 Å². The second-order valence-corrected chi connectivity index (χ2v) is 8.94. The average Bonchev–Trinajstić information content (AvgIpc) is 2.06. The van der Waals surface area contributed by atoms with Crippen LogP contribution in [0.5, 0.6) is 0 Å². The van der Waals surface area contributed by atoms with Gasteiger partial charge in [0.25, 0.3) is 0 Å². The molecule has 0 amide bonds. The lowest BCUT2D eigenvalue weighted by atomic mass is 10.00. The molecular weight excluding hydrogens is 194 g/mol. The molecule has 1 aliphatic carbocycles. The highest BCUT2D eigenvalue weighted by Crippen LogP contribution is 2.22. The third-order valence-electron chi connectivity index (χ3n) is 2.05. The van der Waals surface area contributed by atoms with E-state index >= 15 is 0 Å². The maximum absolute atomic E-state index is 8.42. The summed E-state index contributed by atoms with van der Waals surface area (Å²) in [5.74, 6) is 0. The van der Waals surface area contributed by atoms with Crippen LogP contribution in [-0.4, -0.2) is 20.5 Å². The van der Waals surface area contributed by atoms with Crippen LogP contribution in [0.15, 0.2) is 17.3 Å². The van der Waals surface area contributed by atoms with Crippen LogP contribution in [0.1, 0.15) is 12.8 Å². The monoisotopic (exact) mass is 211 g/mol. The average molecular weight is 211 g/mol. The Labute approximate surface area is 85.7 Å². The molecule has 0 saturated carbocycles. The van der Waals surface area contributed by atoms with Crippen LogP contribution in [0.2, 0.25) is 19.6 Å². The molecular formula is C9H17N3OSi. The summed E-state index contributed by atoms with van der Waals surface area (Å²) in [7, 11) is -1.53. The predicted molar refractivity (Wildman–Crippen MR) is 59.5 cm³/mol. The predicted octanol–water partition coefficient (Wildman–Crippen LogP) is 3.24. The lowest BCUT2D eigenvalue weighted by molar-refractivity contribution is 0.162. The Morgan fingerprint density at radius 1 is 1.36 bits per heavy atom. The van der Waals surface area contributed by atoms with Gasteiger partial charge >= 0.3 is 0 Å². The summed E-state index contributed by atoms with van der Waals surface area (Å²) in [6.07, 6.45) is 5.92. The number of rotatable bonds is 3. The SMILES string of the molecule is C[Si](C)(C)OC1CC=CCC1N=[N+]=[N-]. The first kappa shape index (κ1) is 11.3. The summed E-state index contributed by atoms with van der Waals surface area (Å²) in [4.78, 5) is 2.87. The molecule has 0 spiro atoms. The number of nitrogens with zero attached hydrogens (tertiary/aromatic N) is 3. The van der Waals surface area contributed by atoms with E-state index in [0.717, 1.165) is 12.8 Å². The molecule has 2 atom stereocenters. The van der Waals surface area contributed by atoms with Crippen molar-refractivity contribution in [2.75, 3.05) is 0 Å². The van der Waals surface area contributed by atoms with Crippen molar-refractivity contribution in [1.29, 1.82) is 0 Å². The molecule has 0 saturated heterocycles. The van der Waals surface area contributed by atoms with Crippen LogP contribution < -0.4 is 0 Å². The van der Waals surface area contributed by atoms with Crippen LogP contribution in [0.4, 0.5) is 0 Å². The zero-order valence-corrected chi connectivity index (χ0v) is 9.97. The van der Waals surface area contributed by atoms with Gasteiger partial charge in [-0.25, -0.2) is 0 Å². The molecule has 2 unspecified atom stereocenters. The van der Waals surface area contributed by atoms with E-state index in [-0.39, 0.29) is 12.1 Å². The van der Waals surface area contributed by atoms with E-state index in [1.54, 1.807) is 0 Å². The quantitative estimate of drug-likeness (QED) is 0.232. The molecule has 0 heterocycles. The van der Waals surface area contributed by atoms with Crippen molar-refractivity contribution in [2.45, 2.75) is 44.6 Å². The molecule has 0 N–H and O–H groups in total. The van der Waals surface area contributed by atoms with Gasteiger partial charge in [0.15, 0.2) is 8.32 Å². The fourth-order valence-electron chi connectivity index (χ4n) is 1.54. The molecule has 0 radical (unpaired) electrons. The molecule has 0 bridgehead atoms. The van der Waals surface area contributed by atoms with Gasteiger partial charge in [-0.05, 0) is 38.0 Å². The Morgan fingerprint density at radius 3 is 2.57 bits per heavy atom. The van der Waals surface area contributed by atoms with E-state index in [0.29, 0.717) is 0 Å². The Bertz CT molecular complexity index is 266. The highest BCUT2D eigenvalue weighted by molar-refractivity contribution is 6.69. The van der Waals surface area contributed by atoms with E-state index in [1.165, 1.54) is 0 Å². The van der Waals surface area contributed by atoms with E-state index in [1.807, 2.05) is 0 Å². The molecule has 5 heteroatoms. The standard InChI is InChI=1S/C9H17N3OSi/c1-14(2,3)13-9-7-5-4-6-8(9)11-12-10/h4-5,8-9H,6-7H2,1-3H3. The van der Waals surface area contributed by atoms with E-state index < -0.39 is 8.32 Å². The smallest absolute Gasteiger partial charge is 0.184 e. The second kappa shape index (κ2) is 4.64. The molecule has 0 fully saturated rings. The molecule has 14 heavy (non-hydrogen) atoms. The van der Waals surface area contributed by atoms with Crippen molar-refractivity contribution < 1.29 is 4.43 Å². The molecule has 0 aliphatic heterocycles. The molecule has 78 valence electrons. The maximum atomic E-state index is 8.42. The summed E-state index contributed by atoms with van der Waals surface area (Å²) < 4.78 is 5.97. The van der Waals surface area contributed by atoms with E-state index in [4.69, 9.17) is 9.96 Å². The minimum Gasteiger partial charge on any atom is -0.414 e. The minimum atomic E-state index is -1.53. The van der Waals surface area contributed by atoms with Crippen LogP contribution >= 0.6 is 0 Å². The third kappa shape index (κ3) is 3.53. The number of hydrogen-bond donors (Lipinski definition) is 0. The first-order chi connectivity index (χ1) is 6.53. The van der Waals surface area contributed by atoms with Gasteiger partial charge in [0.1, 0.15) is 0 Å². The van der Waals surface area contributed by atoms with Gasteiger partial charge in [0.2, 0.25) is 0 Å². The molecule has 1 rings (SSSR count). The Morgan fingerprint density at radius 2 is 2.00 bits per heavy atom. The van der Waals surface area contributed by atoms with Gasteiger partial charge in [-0.15, -0.1) is 0 Å². The molecule has 0 aromatic heterocycles. The van der Waals surface area contributed by atoms with E-state index in [2.05, 4.69) is 41.8 Å². The lowest BCUT2D eigenvalue weighted by Crippen LogP contribution is -2.38. The molecule has 0 aromatic carbocycles. The second-order valence-electron chi connectivity index (χ2n) is 4.48. The van der Waals surface area contributed by atoms with Crippen LogP contribution in [0.3, 0.4) is 0 Å². The van der Waals surface area contributed by atoms with Crippen LogP contribution in [0.25, 0.3) is 10.4 Å². The van der Waals surface area contributed by atoms with Gasteiger partial charge in [0, 0.05) is 4.91 Å². The normalized spacial score (nSPS) is 27.1. The van der Waals surface area contributed by atoms with Crippen LogP contribution in [-0.2, 0) is 4.43 Å². The fraction of sp³-hybridized carbons (Fsp3) is 0.778. The highest BCUT2D eigenvalue weighted by Gasteiger charge is 2.27. The summed E-state index contributed by atoms with van der Waals surface area (Å²) in [5.41, 5.74) is 8.42. The van der Waals surface area contributed by atoms with Crippen molar-refractivity contribution in [2.24, 2.45) is 5.11 Å². The summed E-state index contributed by atoms with van der Waals surface area (Å²) in [6, 6.07) is -0.0169. The Kier molecular flexibility index (Phi) is 3.75. The van der Waals surface area contributed by atoms with Gasteiger partial charge in [-0.1, -0.05) is 17.3 Å². The maximum Gasteiger partial charge on any atom is 0.184 e. The topological polar surface area (TPSA) is 58.0 Å². The molecule has 0 aromatic rings. The van der Waals surface area contributed by atoms with Gasteiger partial charge in [0.05, 0.1) is 12.1 Å². The zero-order chi connectivity index (χ0) is 10.6. The van der Waals surface area contributed by atoms with Crippen molar-refractivity contribution in [1.82, 2.24) is 0 Å². The minimum absolute atomic E-state index is 0.0169. The van der Waals surface area contributed by atoms with E-state index in [9.17, 15) is 0 Å². The van der Waals surface area contributed by atoms with Crippen molar-refractivity contribution >= 4 is 8.32 Å². The molecule has 1 aliphatic rings. The first-order valence-corrected chi connectivity index (χ1v) is 8.31. The fourth-order valence-corrected chi connectivity index (χ4v) is 2.71. The van der Waals surface area contributed by atoms with Gasteiger partial charge in [-0.3, -0.25) is 0 Å². The summed E-state index contributed by atoms with van der Waals surface area (Å²) in [6.45, 7) is 6.45. The Hall–Kier alpha value is -0.773. The number of azide groups is 1. The van der Waals surface area contributed by atoms with Crippen molar-refractivity contribution in [3.63, 3.8) is 0 Å². The molecule has 4 nitrogen and oxygen atoms in total. The van der Waals surface area contributed by atoms with Gasteiger partial charge in [-0.2, -0.15) is 0 Å². The van der Waals surface area contributed by atoms with Crippen LogP contribution in [0, 0.1) is 0 Å². The highest BCUT2D eigenvalue weighted by atomic mass is 28.4. The summed E-state index contributed by atoms with van der Waals surface area (Å²) in [5, 5.41) is 3.78. The van der Waals surface area contributed by atoms with Gasteiger partial charge < -0.3 is 4.43 Å². The number of hydrogen-bond acceptors (Lipinski definition) is 2. The third-order valence-corrected chi connectivity index (χ3v) is 3.06. The Balaban J connectivity index is 2.65. The summed E-state index contributed by atoms with van der Waals surface area (Å²) >= 11 is 0. The lowest BCUT2D eigenvalue weighted by Gasteiger charge is -2.31. The largest absolute Gasteiger partial charge is 0.414 e. The van der Waals surface area contributed by atoms with Crippen molar-refractivity contribution in [3.8, 4) is 0 Å². The first-order valence-electron chi connectivity index (χ1n) is 4.90.